The SMILES string of the molecule is NC(CO)(CO)CO.Nc1cccc(P=O)c1. The molecule has 1 aromatic carbocycles. The third-order valence-corrected chi connectivity index (χ3v) is 2.41. The molecule has 0 saturated heterocycles. The number of nitrogen functional groups attached to an aromatic ring is 1. The second kappa shape index (κ2) is 8.11. The van der Waals surface area contributed by atoms with Crippen LogP contribution in [-0.2, 0) is 4.57 Å². The van der Waals surface area contributed by atoms with Crippen molar-refractivity contribution in [2.75, 3.05) is 25.6 Å². The molecule has 0 aliphatic carbocycles. The van der Waals surface area contributed by atoms with E-state index in [1.54, 1.807) is 24.3 Å². The maximum absolute atomic E-state index is 10.2. The Bertz CT molecular complexity index is 337. The van der Waals surface area contributed by atoms with Gasteiger partial charge >= 0.3 is 0 Å². The molecule has 0 spiro atoms. The van der Waals surface area contributed by atoms with Crippen LogP contribution in [0.4, 0.5) is 5.69 Å². The van der Waals surface area contributed by atoms with E-state index in [9.17, 15) is 4.57 Å². The quantitative estimate of drug-likeness (QED) is 0.343. The van der Waals surface area contributed by atoms with Gasteiger partial charge in [-0.1, -0.05) is 6.07 Å². The summed E-state index contributed by atoms with van der Waals surface area (Å²) in [7, 11) is 0.0247. The van der Waals surface area contributed by atoms with Crippen LogP contribution in [-0.4, -0.2) is 40.7 Å². The third-order valence-electron chi connectivity index (χ3n) is 1.92. The van der Waals surface area contributed by atoms with Gasteiger partial charge in [-0.25, -0.2) is 0 Å². The molecule has 17 heavy (non-hydrogen) atoms. The fourth-order valence-corrected chi connectivity index (χ4v) is 1.08. The Hall–Kier alpha value is -1.04. The van der Waals surface area contributed by atoms with E-state index in [-0.39, 0.29) is 8.46 Å². The van der Waals surface area contributed by atoms with Crippen molar-refractivity contribution in [2.24, 2.45) is 5.73 Å². The molecule has 0 aromatic heterocycles. The summed E-state index contributed by atoms with van der Waals surface area (Å²) in [5, 5.41) is 25.7. The summed E-state index contributed by atoms with van der Waals surface area (Å²) in [5.41, 5.74) is 9.98. The molecule has 0 aliphatic heterocycles. The second-order valence-corrected chi connectivity index (χ2v) is 4.22. The van der Waals surface area contributed by atoms with Gasteiger partial charge in [-0.15, -0.1) is 0 Å². The minimum absolute atomic E-state index is 0.0247. The second-order valence-electron chi connectivity index (χ2n) is 3.52. The molecule has 96 valence electrons. The van der Waals surface area contributed by atoms with Gasteiger partial charge < -0.3 is 26.8 Å². The number of benzene rings is 1. The normalized spacial score (nSPS) is 10.8. The smallest absolute Gasteiger partial charge is 0.192 e. The van der Waals surface area contributed by atoms with Crippen molar-refractivity contribution in [3.63, 3.8) is 0 Å². The highest BCUT2D eigenvalue weighted by Crippen LogP contribution is 2.01. The zero-order valence-electron chi connectivity index (χ0n) is 9.28. The minimum Gasteiger partial charge on any atom is -0.399 e. The van der Waals surface area contributed by atoms with Gasteiger partial charge in [-0.3, -0.25) is 4.57 Å². The molecule has 0 bridgehead atoms. The van der Waals surface area contributed by atoms with Crippen LogP contribution in [0.1, 0.15) is 0 Å². The van der Waals surface area contributed by atoms with Crippen molar-refractivity contribution in [1.82, 2.24) is 0 Å². The fourth-order valence-electron chi connectivity index (χ4n) is 0.732. The van der Waals surface area contributed by atoms with Crippen molar-refractivity contribution in [1.29, 1.82) is 0 Å². The summed E-state index contributed by atoms with van der Waals surface area (Å²) in [6.07, 6.45) is 0. The van der Waals surface area contributed by atoms with E-state index in [0.29, 0.717) is 5.69 Å². The topological polar surface area (TPSA) is 130 Å². The van der Waals surface area contributed by atoms with Crippen LogP contribution in [0.2, 0.25) is 0 Å². The van der Waals surface area contributed by atoms with E-state index in [0.717, 1.165) is 5.30 Å². The van der Waals surface area contributed by atoms with Crippen LogP contribution in [0.5, 0.6) is 0 Å². The van der Waals surface area contributed by atoms with Gasteiger partial charge in [0.05, 0.1) is 25.4 Å². The first-order valence-corrected chi connectivity index (χ1v) is 5.63. The fraction of sp³-hybridized carbons (Fsp3) is 0.400. The molecule has 0 aliphatic rings. The van der Waals surface area contributed by atoms with E-state index < -0.39 is 25.4 Å². The number of nitrogens with two attached hydrogens (primary N) is 2. The lowest BCUT2D eigenvalue weighted by atomic mass is 10.1. The number of aliphatic hydroxyl groups excluding tert-OH is 3. The van der Waals surface area contributed by atoms with Gasteiger partial charge in [-0.2, -0.15) is 0 Å². The van der Waals surface area contributed by atoms with E-state index in [2.05, 4.69) is 0 Å². The summed E-state index contributed by atoms with van der Waals surface area (Å²) in [6, 6.07) is 6.96. The zero-order valence-corrected chi connectivity index (χ0v) is 10.2. The lowest BCUT2D eigenvalue weighted by Crippen LogP contribution is -2.50. The first-order valence-electron chi connectivity index (χ1n) is 4.81. The molecule has 0 fully saturated rings. The number of rotatable bonds is 4. The van der Waals surface area contributed by atoms with Gasteiger partial charge in [0.15, 0.2) is 8.46 Å². The molecular formula is C10H17N2O4P. The molecule has 0 heterocycles. The van der Waals surface area contributed by atoms with Crippen LogP contribution in [0.25, 0.3) is 0 Å². The van der Waals surface area contributed by atoms with Gasteiger partial charge in [0.25, 0.3) is 0 Å². The summed E-state index contributed by atoms with van der Waals surface area (Å²) in [5.74, 6) is 0. The number of aliphatic hydroxyl groups is 3. The summed E-state index contributed by atoms with van der Waals surface area (Å²) >= 11 is 0. The third kappa shape index (κ3) is 6.31. The van der Waals surface area contributed by atoms with E-state index >= 15 is 0 Å². The summed E-state index contributed by atoms with van der Waals surface area (Å²) in [6.45, 7) is -1.21. The predicted octanol–water partition coefficient (Wildman–Crippen LogP) is -1.15. The van der Waals surface area contributed by atoms with Gasteiger partial charge in [0.1, 0.15) is 0 Å². The molecule has 1 rings (SSSR count). The summed E-state index contributed by atoms with van der Waals surface area (Å²) in [4.78, 5) is 0. The van der Waals surface area contributed by atoms with Crippen molar-refractivity contribution in [3.8, 4) is 0 Å². The molecule has 0 amide bonds. The number of hydrogen-bond acceptors (Lipinski definition) is 6. The van der Waals surface area contributed by atoms with E-state index in [4.69, 9.17) is 26.8 Å². The van der Waals surface area contributed by atoms with E-state index in [1.807, 2.05) is 0 Å². The molecule has 0 unspecified atom stereocenters. The Labute approximate surface area is 101 Å². The standard InChI is InChI=1S/C6H6NOP.C4H11NO3/c7-5-2-1-3-6(4-5)9-8;5-4(1-6,2-7)3-8/h1-4H,7H2;6-8H,1-3,5H2. The van der Waals surface area contributed by atoms with Gasteiger partial charge in [-0.05, 0) is 18.2 Å². The molecule has 0 radical (unpaired) electrons. The Balaban J connectivity index is 0.000000304. The first-order chi connectivity index (χ1) is 8.01. The average molecular weight is 260 g/mol. The zero-order chi connectivity index (χ0) is 13.3. The number of hydrogen-bond donors (Lipinski definition) is 5. The molecule has 0 saturated carbocycles. The molecule has 0 atom stereocenters. The monoisotopic (exact) mass is 260 g/mol. The Morgan fingerprint density at radius 2 is 1.71 bits per heavy atom. The van der Waals surface area contributed by atoms with E-state index in [1.165, 1.54) is 0 Å². The molecule has 7 heteroatoms. The van der Waals surface area contributed by atoms with Crippen LogP contribution in [0.15, 0.2) is 24.3 Å². The largest absolute Gasteiger partial charge is 0.399 e. The van der Waals surface area contributed by atoms with Crippen molar-refractivity contribution >= 4 is 19.5 Å². The molecular weight excluding hydrogens is 243 g/mol. The maximum atomic E-state index is 10.2. The average Bonchev–Trinajstić information content (AvgIpc) is 2.38. The Morgan fingerprint density at radius 3 is 1.94 bits per heavy atom. The van der Waals surface area contributed by atoms with Gasteiger partial charge in [0.2, 0.25) is 0 Å². The first kappa shape index (κ1) is 16.0. The lowest BCUT2D eigenvalue weighted by molar-refractivity contribution is 0.0698. The Kier molecular flexibility index (Phi) is 7.61. The van der Waals surface area contributed by atoms with Crippen molar-refractivity contribution in [2.45, 2.75) is 5.54 Å². The van der Waals surface area contributed by atoms with Gasteiger partial charge in [0, 0.05) is 11.0 Å². The summed E-state index contributed by atoms with van der Waals surface area (Å²) < 4.78 is 10.2. The van der Waals surface area contributed by atoms with Crippen LogP contribution < -0.4 is 16.8 Å². The molecule has 7 N–H and O–H groups in total. The van der Waals surface area contributed by atoms with Crippen LogP contribution in [0, 0.1) is 0 Å². The maximum Gasteiger partial charge on any atom is 0.192 e. The molecule has 1 aromatic rings. The highest BCUT2D eigenvalue weighted by molar-refractivity contribution is 7.34. The van der Waals surface area contributed by atoms with Crippen molar-refractivity contribution < 1.29 is 19.9 Å². The highest BCUT2D eigenvalue weighted by Gasteiger charge is 2.20. The predicted molar refractivity (Wildman–Crippen MR) is 66.3 cm³/mol. The minimum atomic E-state index is -1.21. The number of anilines is 1. The lowest BCUT2D eigenvalue weighted by Gasteiger charge is -2.20. The van der Waals surface area contributed by atoms with Crippen LogP contribution >= 0.6 is 8.46 Å². The van der Waals surface area contributed by atoms with Crippen LogP contribution in [0.3, 0.4) is 0 Å². The highest BCUT2D eigenvalue weighted by atomic mass is 31.1. The Morgan fingerprint density at radius 1 is 1.18 bits per heavy atom. The molecule has 6 nitrogen and oxygen atoms in total. The van der Waals surface area contributed by atoms with Crippen molar-refractivity contribution in [3.05, 3.63) is 24.3 Å².